The maximum Gasteiger partial charge on any atom is 0.364 e. The van der Waals surface area contributed by atoms with Gasteiger partial charge in [-0.2, -0.15) is 0 Å². The summed E-state index contributed by atoms with van der Waals surface area (Å²) < 4.78 is 6.84. The van der Waals surface area contributed by atoms with Crippen LogP contribution in [0.15, 0.2) is 54.6 Å². The average Bonchev–Trinajstić information content (AvgIpc) is 3.15. The van der Waals surface area contributed by atoms with Gasteiger partial charge in [-0.3, -0.25) is 14.4 Å². The van der Waals surface area contributed by atoms with Crippen molar-refractivity contribution in [3.63, 3.8) is 0 Å². The first kappa shape index (κ1) is 29.3. The van der Waals surface area contributed by atoms with E-state index in [1.807, 2.05) is 30.3 Å². The highest BCUT2D eigenvalue weighted by Gasteiger charge is 2.41. The lowest BCUT2D eigenvalue weighted by molar-refractivity contribution is -0.172. The number of hydrogen-bond acceptors (Lipinski definition) is 6. The number of carbonyl (C=O) groups is 4. The van der Waals surface area contributed by atoms with Crippen molar-refractivity contribution in [1.82, 2.24) is 10.4 Å². The first-order valence-electron chi connectivity index (χ1n) is 12.7. The molecule has 2 atom stereocenters. The molecular formula is C28H35BN2O6Si. The molecule has 0 aliphatic carbocycles. The zero-order chi connectivity index (χ0) is 28.1. The standard InChI is InChI=1S/C28H35BN2O6Si/c1-28(2,3)38(4,5)37-23(22(30-27(29)35)17-19-11-7-6-8-12-19)18-20-13-9-10-14-21(20)26(34)36-31-24(32)15-16-25(31)33/h6-14,22-23H,15-18H2,1-5H3,(H,30,35)/t22?,23-/m1/s1. The molecule has 0 spiro atoms. The molecule has 2 aromatic carbocycles. The monoisotopic (exact) mass is 534 g/mol. The van der Waals surface area contributed by atoms with Gasteiger partial charge >= 0.3 is 5.97 Å². The summed E-state index contributed by atoms with van der Waals surface area (Å²) >= 11 is 0. The van der Waals surface area contributed by atoms with Crippen molar-refractivity contribution >= 4 is 39.8 Å². The molecule has 3 rings (SSSR count). The molecule has 0 aromatic heterocycles. The zero-order valence-electron chi connectivity index (χ0n) is 22.7. The van der Waals surface area contributed by atoms with E-state index in [2.05, 4.69) is 39.2 Å². The van der Waals surface area contributed by atoms with Gasteiger partial charge in [-0.15, -0.1) is 5.06 Å². The number of imide groups is 1. The summed E-state index contributed by atoms with van der Waals surface area (Å²) in [5, 5.41) is 3.28. The summed E-state index contributed by atoms with van der Waals surface area (Å²) in [6, 6.07) is 16.0. The van der Waals surface area contributed by atoms with Gasteiger partial charge in [0.15, 0.2) is 14.1 Å². The lowest BCUT2D eigenvalue weighted by atomic mass is 9.93. The Morgan fingerprint density at radius 2 is 1.55 bits per heavy atom. The van der Waals surface area contributed by atoms with E-state index in [1.165, 1.54) is 0 Å². The Hall–Kier alpha value is -3.24. The molecule has 1 aliphatic heterocycles. The van der Waals surface area contributed by atoms with Crippen LogP contribution in [0.25, 0.3) is 0 Å². The number of carbonyl (C=O) groups excluding carboxylic acids is 4. The number of hydroxylamine groups is 2. The van der Waals surface area contributed by atoms with Crippen LogP contribution in [-0.2, 0) is 31.7 Å². The molecular weight excluding hydrogens is 499 g/mol. The van der Waals surface area contributed by atoms with Gasteiger partial charge in [0.2, 0.25) is 7.85 Å². The van der Waals surface area contributed by atoms with Gasteiger partial charge in [0, 0.05) is 19.3 Å². The molecule has 1 saturated heterocycles. The Morgan fingerprint density at radius 1 is 0.974 bits per heavy atom. The van der Waals surface area contributed by atoms with Crippen LogP contribution < -0.4 is 5.32 Å². The van der Waals surface area contributed by atoms with E-state index in [0.717, 1.165) is 5.56 Å². The Balaban J connectivity index is 1.97. The molecule has 2 radical (unpaired) electrons. The second kappa shape index (κ2) is 12.1. The van der Waals surface area contributed by atoms with Crippen LogP contribution >= 0.6 is 0 Å². The van der Waals surface area contributed by atoms with Gasteiger partial charge in [-0.1, -0.05) is 69.3 Å². The van der Waals surface area contributed by atoms with Crippen LogP contribution in [0.4, 0.5) is 4.79 Å². The molecule has 1 unspecified atom stereocenters. The quantitative estimate of drug-likeness (QED) is 0.360. The number of nitrogens with one attached hydrogen (secondary N) is 1. The largest absolute Gasteiger partial charge is 0.411 e. The van der Waals surface area contributed by atoms with Gasteiger partial charge in [-0.25, -0.2) is 4.79 Å². The summed E-state index contributed by atoms with van der Waals surface area (Å²) in [5.74, 6) is -2.58. The summed E-state index contributed by atoms with van der Waals surface area (Å²) in [6.07, 6.45) is 0.212. The Morgan fingerprint density at radius 3 is 2.13 bits per heavy atom. The number of rotatable bonds is 10. The lowest BCUT2D eigenvalue weighted by Gasteiger charge is -2.42. The van der Waals surface area contributed by atoms with Crippen LogP contribution in [0.1, 0.15) is 55.1 Å². The zero-order valence-corrected chi connectivity index (χ0v) is 23.7. The summed E-state index contributed by atoms with van der Waals surface area (Å²) in [4.78, 5) is 54.3. The van der Waals surface area contributed by atoms with E-state index < -0.39 is 44.1 Å². The Bertz CT molecular complexity index is 1170. The lowest BCUT2D eigenvalue weighted by Crippen LogP contribution is -2.53. The van der Waals surface area contributed by atoms with Crippen molar-refractivity contribution in [2.45, 2.75) is 76.7 Å². The normalized spacial score (nSPS) is 15.8. The van der Waals surface area contributed by atoms with Gasteiger partial charge in [0.25, 0.3) is 11.8 Å². The van der Waals surface area contributed by atoms with Crippen molar-refractivity contribution in [3.05, 3.63) is 71.3 Å². The molecule has 0 bridgehead atoms. The summed E-state index contributed by atoms with van der Waals surface area (Å²) in [6.45, 7) is 10.6. The number of amides is 3. The van der Waals surface area contributed by atoms with E-state index in [4.69, 9.17) is 17.1 Å². The Kier molecular flexibility index (Phi) is 9.32. The average molecular weight is 534 g/mol. The predicted octanol–water partition coefficient (Wildman–Crippen LogP) is 4.33. The van der Waals surface area contributed by atoms with E-state index in [1.54, 1.807) is 24.3 Å². The highest BCUT2D eigenvalue weighted by molar-refractivity contribution is 6.74. The molecule has 1 fully saturated rings. The maximum absolute atomic E-state index is 13.1. The van der Waals surface area contributed by atoms with Crippen molar-refractivity contribution < 1.29 is 28.4 Å². The van der Waals surface area contributed by atoms with Crippen LogP contribution in [0.5, 0.6) is 0 Å². The fourth-order valence-corrected chi connectivity index (χ4v) is 5.41. The number of hydrogen-bond donors (Lipinski definition) is 1. The van der Waals surface area contributed by atoms with Gasteiger partial charge in [0.05, 0.1) is 17.7 Å². The highest BCUT2D eigenvalue weighted by atomic mass is 28.4. The fraction of sp³-hybridized carbons (Fsp3) is 0.429. The molecule has 1 N–H and O–H groups in total. The molecule has 0 saturated carbocycles. The van der Waals surface area contributed by atoms with Crippen LogP contribution in [0, 0.1) is 0 Å². The summed E-state index contributed by atoms with van der Waals surface area (Å²) in [7, 11) is 3.23. The van der Waals surface area contributed by atoms with Gasteiger partial charge < -0.3 is 14.6 Å². The maximum atomic E-state index is 13.1. The molecule has 38 heavy (non-hydrogen) atoms. The van der Waals surface area contributed by atoms with E-state index in [9.17, 15) is 19.2 Å². The number of nitrogens with zero attached hydrogens (tertiary/aromatic N) is 1. The first-order valence-corrected chi connectivity index (χ1v) is 15.6. The third-order valence-corrected chi connectivity index (χ3v) is 11.7. The smallest absolute Gasteiger partial charge is 0.364 e. The molecule has 2 aromatic rings. The van der Waals surface area contributed by atoms with Crippen LogP contribution in [0.3, 0.4) is 0 Å². The fourth-order valence-electron chi connectivity index (χ4n) is 4.05. The highest BCUT2D eigenvalue weighted by Crippen LogP contribution is 2.38. The Labute approximate surface area is 226 Å². The van der Waals surface area contributed by atoms with Crippen molar-refractivity contribution in [1.29, 1.82) is 0 Å². The second-order valence-corrected chi connectivity index (χ2v) is 15.8. The molecule has 8 nitrogen and oxygen atoms in total. The van der Waals surface area contributed by atoms with Crippen LogP contribution in [0.2, 0.25) is 18.1 Å². The minimum Gasteiger partial charge on any atom is -0.411 e. The van der Waals surface area contributed by atoms with Crippen molar-refractivity contribution in [2.75, 3.05) is 0 Å². The van der Waals surface area contributed by atoms with Crippen molar-refractivity contribution in [3.8, 4) is 0 Å². The third-order valence-electron chi connectivity index (χ3n) is 7.17. The van der Waals surface area contributed by atoms with Gasteiger partial charge in [-0.05, 0) is 41.7 Å². The predicted molar refractivity (Wildman–Crippen MR) is 147 cm³/mol. The summed E-state index contributed by atoms with van der Waals surface area (Å²) in [5.41, 5.74) is 1.81. The molecule has 1 aliphatic rings. The third kappa shape index (κ3) is 7.42. The SMILES string of the molecule is [B]C(=O)NC(Cc1ccccc1)[C@@H](Cc1ccccc1C(=O)ON1C(=O)CCC1=O)O[Si](C)(C)C(C)(C)C. The molecule has 1 heterocycles. The second-order valence-electron chi connectivity index (χ2n) is 11.0. The van der Waals surface area contributed by atoms with E-state index in [-0.39, 0.29) is 29.9 Å². The first-order chi connectivity index (χ1) is 17.8. The van der Waals surface area contributed by atoms with E-state index >= 15 is 0 Å². The van der Waals surface area contributed by atoms with Crippen molar-refractivity contribution in [2.24, 2.45) is 0 Å². The van der Waals surface area contributed by atoms with Crippen LogP contribution in [-0.4, -0.2) is 57.0 Å². The molecule has 3 amide bonds. The topological polar surface area (TPSA) is 102 Å². The molecule has 10 heteroatoms. The minimum atomic E-state index is -2.35. The minimum absolute atomic E-state index is 0.0101. The molecule has 200 valence electrons. The number of benzene rings is 2. The van der Waals surface area contributed by atoms with Gasteiger partial charge in [0.1, 0.15) is 0 Å². The van der Waals surface area contributed by atoms with E-state index in [0.29, 0.717) is 17.0 Å².